The predicted octanol–water partition coefficient (Wildman–Crippen LogP) is 2.60. The van der Waals surface area contributed by atoms with E-state index >= 15 is 0 Å². The van der Waals surface area contributed by atoms with Crippen molar-refractivity contribution in [3.05, 3.63) is 66.0 Å². The number of benzene rings is 2. The molecule has 0 saturated carbocycles. The second kappa shape index (κ2) is 8.87. The van der Waals surface area contributed by atoms with E-state index in [0.717, 1.165) is 38.3 Å². The van der Waals surface area contributed by atoms with Crippen LogP contribution in [0.4, 0.5) is 5.69 Å². The third-order valence-corrected chi connectivity index (χ3v) is 5.13. The molecule has 0 aliphatic carbocycles. The fourth-order valence-electron chi connectivity index (χ4n) is 3.48. The van der Waals surface area contributed by atoms with Gasteiger partial charge in [0.25, 0.3) is 11.8 Å². The molecule has 0 radical (unpaired) electrons. The number of nitrogens with one attached hydrogen (secondary N) is 1. The Hall–Kier alpha value is -3.19. The first-order valence-electron chi connectivity index (χ1n) is 9.90. The van der Waals surface area contributed by atoms with Gasteiger partial charge in [0.15, 0.2) is 5.82 Å². The molecule has 1 saturated heterocycles. The van der Waals surface area contributed by atoms with Gasteiger partial charge in [0.1, 0.15) is 0 Å². The van der Waals surface area contributed by atoms with E-state index in [2.05, 4.69) is 49.5 Å². The molecule has 2 aromatic carbocycles. The highest BCUT2D eigenvalue weighted by molar-refractivity contribution is 5.94. The highest BCUT2D eigenvalue weighted by Gasteiger charge is 2.17. The van der Waals surface area contributed by atoms with Crippen molar-refractivity contribution in [2.24, 2.45) is 0 Å². The van der Waals surface area contributed by atoms with Crippen LogP contribution in [0, 0.1) is 6.92 Å². The Kier molecular flexibility index (Phi) is 5.86. The van der Waals surface area contributed by atoms with E-state index in [0.29, 0.717) is 23.8 Å². The summed E-state index contributed by atoms with van der Waals surface area (Å²) in [6.45, 7) is 7.29. The van der Waals surface area contributed by atoms with Crippen LogP contribution in [-0.2, 0) is 0 Å². The highest BCUT2D eigenvalue weighted by atomic mass is 16.5. The Morgan fingerprint density at radius 3 is 2.41 bits per heavy atom. The normalized spacial score (nSPS) is 14.7. The van der Waals surface area contributed by atoms with Gasteiger partial charge in [-0.2, -0.15) is 4.98 Å². The SMILES string of the molecule is Cc1noc(-c2ccc(C(=O)NCCN3CCN(c4ccccc4)CC3)cc2)n1. The van der Waals surface area contributed by atoms with E-state index in [1.54, 1.807) is 19.1 Å². The number of aromatic nitrogens is 2. The summed E-state index contributed by atoms with van der Waals surface area (Å²) in [5.41, 5.74) is 2.71. The summed E-state index contributed by atoms with van der Waals surface area (Å²) in [7, 11) is 0. The lowest BCUT2D eigenvalue weighted by molar-refractivity contribution is 0.0948. The molecule has 150 valence electrons. The fraction of sp³-hybridized carbons (Fsp3) is 0.318. The Bertz CT molecular complexity index is 931. The number of aryl methyl sites for hydroxylation is 1. The lowest BCUT2D eigenvalue weighted by atomic mass is 10.1. The van der Waals surface area contributed by atoms with Gasteiger partial charge in [-0.3, -0.25) is 9.69 Å². The quantitative estimate of drug-likeness (QED) is 0.696. The second-order valence-corrected chi connectivity index (χ2v) is 7.14. The van der Waals surface area contributed by atoms with Gasteiger partial charge in [-0.15, -0.1) is 0 Å². The predicted molar refractivity (Wildman–Crippen MR) is 112 cm³/mol. The fourth-order valence-corrected chi connectivity index (χ4v) is 3.48. The van der Waals surface area contributed by atoms with Gasteiger partial charge < -0.3 is 14.7 Å². The van der Waals surface area contributed by atoms with Crippen molar-refractivity contribution in [3.63, 3.8) is 0 Å². The standard InChI is InChI=1S/C22H25N5O2/c1-17-24-22(29-25-17)19-9-7-18(8-10-19)21(28)23-11-12-26-13-15-27(16-14-26)20-5-3-2-4-6-20/h2-10H,11-16H2,1H3,(H,23,28). The molecule has 2 heterocycles. The Labute approximate surface area is 170 Å². The molecule has 4 rings (SSSR count). The van der Waals surface area contributed by atoms with Crippen LogP contribution in [0.5, 0.6) is 0 Å². The van der Waals surface area contributed by atoms with E-state index < -0.39 is 0 Å². The third kappa shape index (κ3) is 4.81. The maximum Gasteiger partial charge on any atom is 0.257 e. The molecule has 0 bridgehead atoms. The summed E-state index contributed by atoms with van der Waals surface area (Å²) in [6.07, 6.45) is 0. The molecule has 7 nitrogen and oxygen atoms in total. The van der Waals surface area contributed by atoms with Crippen molar-refractivity contribution in [3.8, 4) is 11.5 Å². The lowest BCUT2D eigenvalue weighted by Gasteiger charge is -2.36. The van der Waals surface area contributed by atoms with E-state index in [1.165, 1.54) is 5.69 Å². The number of carbonyl (C=O) groups excluding carboxylic acids is 1. The summed E-state index contributed by atoms with van der Waals surface area (Å²) in [5.74, 6) is 0.983. The maximum absolute atomic E-state index is 12.4. The van der Waals surface area contributed by atoms with Crippen molar-refractivity contribution < 1.29 is 9.32 Å². The summed E-state index contributed by atoms with van der Waals surface area (Å²) < 4.78 is 5.15. The van der Waals surface area contributed by atoms with Crippen LogP contribution < -0.4 is 10.2 Å². The van der Waals surface area contributed by atoms with Crippen molar-refractivity contribution in [1.82, 2.24) is 20.4 Å². The van der Waals surface area contributed by atoms with Crippen molar-refractivity contribution in [1.29, 1.82) is 0 Å². The molecule has 1 aliphatic heterocycles. The highest BCUT2D eigenvalue weighted by Crippen LogP contribution is 2.18. The maximum atomic E-state index is 12.4. The molecule has 1 aliphatic rings. The third-order valence-electron chi connectivity index (χ3n) is 5.13. The number of piperazine rings is 1. The molecular weight excluding hydrogens is 366 g/mol. The first-order chi connectivity index (χ1) is 14.2. The van der Waals surface area contributed by atoms with Crippen LogP contribution >= 0.6 is 0 Å². The lowest BCUT2D eigenvalue weighted by Crippen LogP contribution is -2.48. The number of para-hydroxylation sites is 1. The van der Waals surface area contributed by atoms with Crippen molar-refractivity contribution in [2.45, 2.75) is 6.92 Å². The summed E-state index contributed by atoms with van der Waals surface area (Å²) >= 11 is 0. The molecule has 1 fully saturated rings. The van der Waals surface area contributed by atoms with Gasteiger partial charge in [-0.25, -0.2) is 0 Å². The monoisotopic (exact) mass is 391 g/mol. The molecular formula is C22H25N5O2. The molecule has 1 aromatic heterocycles. The Balaban J connectivity index is 1.21. The number of anilines is 1. The van der Waals surface area contributed by atoms with Crippen molar-refractivity contribution in [2.75, 3.05) is 44.2 Å². The average Bonchev–Trinajstić information content (AvgIpc) is 3.21. The van der Waals surface area contributed by atoms with Gasteiger partial charge in [0, 0.05) is 56.1 Å². The first-order valence-corrected chi connectivity index (χ1v) is 9.90. The average molecular weight is 391 g/mol. The van der Waals surface area contributed by atoms with Crippen LogP contribution in [0.15, 0.2) is 59.1 Å². The van der Waals surface area contributed by atoms with E-state index in [4.69, 9.17) is 4.52 Å². The summed E-state index contributed by atoms with van der Waals surface area (Å²) in [5, 5.41) is 6.79. The van der Waals surface area contributed by atoms with E-state index in [1.807, 2.05) is 18.2 Å². The topological polar surface area (TPSA) is 74.5 Å². The van der Waals surface area contributed by atoms with Gasteiger partial charge in [-0.05, 0) is 43.3 Å². The second-order valence-electron chi connectivity index (χ2n) is 7.14. The number of nitrogens with zero attached hydrogens (tertiary/aromatic N) is 4. The molecule has 1 amide bonds. The van der Waals surface area contributed by atoms with E-state index in [-0.39, 0.29) is 5.91 Å². The number of hydrogen-bond acceptors (Lipinski definition) is 6. The van der Waals surface area contributed by atoms with Crippen LogP contribution in [0.3, 0.4) is 0 Å². The summed E-state index contributed by atoms with van der Waals surface area (Å²) in [6, 6.07) is 17.7. The van der Waals surface area contributed by atoms with Crippen molar-refractivity contribution >= 4 is 11.6 Å². The minimum Gasteiger partial charge on any atom is -0.369 e. The Morgan fingerprint density at radius 1 is 1.03 bits per heavy atom. The minimum absolute atomic E-state index is 0.0684. The number of rotatable bonds is 6. The zero-order valence-corrected chi connectivity index (χ0v) is 16.5. The molecule has 0 unspecified atom stereocenters. The number of amides is 1. The zero-order chi connectivity index (χ0) is 20.1. The largest absolute Gasteiger partial charge is 0.369 e. The number of hydrogen-bond donors (Lipinski definition) is 1. The van der Waals surface area contributed by atoms with Gasteiger partial charge in [-0.1, -0.05) is 23.4 Å². The van der Waals surface area contributed by atoms with Gasteiger partial charge in [0.2, 0.25) is 0 Å². The number of carbonyl (C=O) groups is 1. The molecule has 3 aromatic rings. The molecule has 1 N–H and O–H groups in total. The summed E-state index contributed by atoms with van der Waals surface area (Å²) in [4.78, 5) is 21.4. The molecule has 0 atom stereocenters. The molecule has 7 heteroatoms. The van der Waals surface area contributed by atoms with Gasteiger partial charge >= 0.3 is 0 Å². The van der Waals surface area contributed by atoms with E-state index in [9.17, 15) is 4.79 Å². The molecule has 29 heavy (non-hydrogen) atoms. The molecule has 0 spiro atoms. The smallest absolute Gasteiger partial charge is 0.257 e. The minimum atomic E-state index is -0.0684. The van der Waals surface area contributed by atoms with Crippen LogP contribution in [0.1, 0.15) is 16.2 Å². The van der Waals surface area contributed by atoms with Crippen LogP contribution in [0.25, 0.3) is 11.5 Å². The van der Waals surface area contributed by atoms with Crippen LogP contribution in [0.2, 0.25) is 0 Å². The Morgan fingerprint density at radius 2 is 1.76 bits per heavy atom. The first kappa shape index (κ1) is 19.1. The van der Waals surface area contributed by atoms with Gasteiger partial charge in [0.05, 0.1) is 0 Å². The zero-order valence-electron chi connectivity index (χ0n) is 16.5. The van der Waals surface area contributed by atoms with Crippen LogP contribution in [-0.4, -0.2) is 60.2 Å².